The van der Waals surface area contributed by atoms with Crippen LogP contribution in [0.5, 0.6) is 0 Å². The van der Waals surface area contributed by atoms with Gasteiger partial charge in [-0.2, -0.15) is 0 Å². The Kier molecular flexibility index (Phi) is 4.53. The van der Waals surface area contributed by atoms with Gasteiger partial charge in [-0.15, -0.1) is 0 Å². The summed E-state index contributed by atoms with van der Waals surface area (Å²) in [4.78, 5) is 0. The van der Waals surface area contributed by atoms with Crippen LogP contribution in [-0.4, -0.2) is 18.3 Å². The second-order valence-electron chi connectivity index (χ2n) is 6.28. The zero-order valence-corrected chi connectivity index (χ0v) is 13.9. The maximum atomic E-state index is 14.9. The predicted octanol–water partition coefficient (Wildman–Crippen LogP) is 5.06. The topological polar surface area (TPSA) is 18.5 Å². The van der Waals surface area contributed by atoms with Gasteiger partial charge in [0, 0.05) is 5.02 Å². The van der Waals surface area contributed by atoms with Crippen LogP contribution in [0.2, 0.25) is 5.02 Å². The molecule has 0 saturated carbocycles. The van der Waals surface area contributed by atoms with Crippen LogP contribution in [-0.2, 0) is 9.31 Å². The van der Waals surface area contributed by atoms with Crippen molar-refractivity contribution in [1.82, 2.24) is 0 Å². The van der Waals surface area contributed by atoms with Crippen molar-refractivity contribution in [2.75, 3.05) is 0 Å². The van der Waals surface area contributed by atoms with Gasteiger partial charge >= 0.3 is 7.12 Å². The first-order valence-electron chi connectivity index (χ1n) is 7.18. The van der Waals surface area contributed by atoms with E-state index in [-0.39, 0.29) is 5.73 Å². The highest BCUT2D eigenvalue weighted by molar-refractivity contribution is 6.55. The number of hydrogen-bond donors (Lipinski definition) is 0. The van der Waals surface area contributed by atoms with E-state index in [1.54, 1.807) is 12.1 Å². The summed E-state index contributed by atoms with van der Waals surface area (Å²) in [5, 5.41) is 0.583. The van der Waals surface area contributed by atoms with Crippen molar-refractivity contribution < 1.29 is 13.7 Å². The smallest absolute Gasteiger partial charge is 0.398 e. The third kappa shape index (κ3) is 3.18. The van der Waals surface area contributed by atoms with E-state index in [1.807, 2.05) is 46.8 Å². The number of rotatable bonds is 3. The Morgan fingerprint density at radius 2 is 1.76 bits per heavy atom. The molecule has 0 spiro atoms. The van der Waals surface area contributed by atoms with Gasteiger partial charge in [-0.05, 0) is 57.4 Å². The molecule has 1 heterocycles. The van der Waals surface area contributed by atoms with Crippen molar-refractivity contribution in [3.8, 4) is 0 Å². The predicted molar refractivity (Wildman–Crippen MR) is 85.9 cm³/mol. The highest BCUT2D eigenvalue weighted by atomic mass is 35.5. The summed E-state index contributed by atoms with van der Waals surface area (Å²) in [6.07, 6.45) is 0.538. The molecule has 5 heteroatoms. The number of halogens is 2. The van der Waals surface area contributed by atoms with Crippen LogP contribution in [0.3, 0.4) is 0 Å². The van der Waals surface area contributed by atoms with Gasteiger partial charge in [0.2, 0.25) is 0 Å². The average Bonchev–Trinajstić information content (AvgIpc) is 2.59. The summed E-state index contributed by atoms with van der Waals surface area (Å²) in [6, 6.07) is 7.18. The maximum Gasteiger partial charge on any atom is 0.525 e. The second-order valence-corrected chi connectivity index (χ2v) is 6.72. The SMILES string of the molecule is CCC(=C(F)B1OC(C)(C)C(C)(C)O1)c1cccc(Cl)c1. The van der Waals surface area contributed by atoms with Crippen LogP contribution >= 0.6 is 11.6 Å². The molecule has 1 aliphatic heterocycles. The van der Waals surface area contributed by atoms with E-state index in [9.17, 15) is 4.39 Å². The lowest BCUT2D eigenvalue weighted by Crippen LogP contribution is -2.41. The summed E-state index contributed by atoms with van der Waals surface area (Å²) < 4.78 is 26.4. The average molecular weight is 311 g/mol. The van der Waals surface area contributed by atoms with Crippen molar-refractivity contribution in [1.29, 1.82) is 0 Å². The molecule has 0 radical (unpaired) electrons. The lowest BCUT2D eigenvalue weighted by molar-refractivity contribution is 0.00578. The minimum Gasteiger partial charge on any atom is -0.398 e. The molecule has 1 saturated heterocycles. The lowest BCUT2D eigenvalue weighted by atomic mass is 9.82. The van der Waals surface area contributed by atoms with E-state index in [4.69, 9.17) is 20.9 Å². The van der Waals surface area contributed by atoms with Gasteiger partial charge in [-0.25, -0.2) is 4.39 Å². The molecule has 0 aliphatic carbocycles. The highest BCUT2D eigenvalue weighted by Gasteiger charge is 2.53. The summed E-state index contributed by atoms with van der Waals surface area (Å²) in [5.41, 5.74) is -0.156. The molecule has 0 N–H and O–H groups in total. The van der Waals surface area contributed by atoms with E-state index in [0.717, 1.165) is 5.56 Å². The quantitative estimate of drug-likeness (QED) is 0.726. The Bertz CT molecular complexity index is 553. The zero-order chi connectivity index (χ0) is 15.8. The molecule has 1 aromatic rings. The Hall–Kier alpha value is -0.835. The molecule has 0 bridgehead atoms. The standard InChI is InChI=1S/C16H21BClFO2/c1-6-13(11-8-7-9-12(18)10-11)14(19)17-20-15(2,3)16(4,5)21-17/h7-10H,6H2,1-5H3. The zero-order valence-electron chi connectivity index (χ0n) is 13.2. The molecule has 2 nitrogen and oxygen atoms in total. The minimum absolute atomic E-state index is 0.376. The Labute approximate surface area is 131 Å². The van der Waals surface area contributed by atoms with E-state index in [0.29, 0.717) is 17.0 Å². The molecule has 1 fully saturated rings. The fraction of sp³-hybridized carbons (Fsp3) is 0.500. The van der Waals surface area contributed by atoms with E-state index in [2.05, 4.69) is 0 Å². The summed E-state index contributed by atoms with van der Waals surface area (Å²) in [5.74, 6) is 0. The number of benzene rings is 1. The molecular weight excluding hydrogens is 289 g/mol. The van der Waals surface area contributed by atoms with Crippen LogP contribution in [0, 0.1) is 0 Å². The lowest BCUT2D eigenvalue weighted by Gasteiger charge is -2.32. The summed E-state index contributed by atoms with van der Waals surface area (Å²) in [6.45, 7) is 9.54. The first kappa shape index (κ1) is 16.5. The van der Waals surface area contributed by atoms with Crippen molar-refractivity contribution in [3.05, 3.63) is 40.6 Å². The molecular formula is C16H21BClFO2. The molecule has 0 aromatic heterocycles. The van der Waals surface area contributed by atoms with Crippen LogP contribution in [0.1, 0.15) is 46.6 Å². The highest BCUT2D eigenvalue weighted by Crippen LogP contribution is 2.40. The van der Waals surface area contributed by atoms with E-state index >= 15 is 0 Å². The largest absolute Gasteiger partial charge is 0.525 e. The maximum absolute atomic E-state index is 14.9. The van der Waals surface area contributed by atoms with Gasteiger partial charge < -0.3 is 9.31 Å². The van der Waals surface area contributed by atoms with Crippen molar-refractivity contribution in [3.63, 3.8) is 0 Å². The van der Waals surface area contributed by atoms with Crippen molar-refractivity contribution in [2.45, 2.75) is 52.2 Å². The number of hydrogen-bond acceptors (Lipinski definition) is 2. The molecule has 114 valence electrons. The fourth-order valence-electron chi connectivity index (χ4n) is 2.28. The molecule has 2 rings (SSSR count). The van der Waals surface area contributed by atoms with Crippen LogP contribution in [0.4, 0.5) is 4.39 Å². The van der Waals surface area contributed by atoms with Gasteiger partial charge in [0.15, 0.2) is 0 Å². The normalized spacial score (nSPS) is 21.4. The van der Waals surface area contributed by atoms with Gasteiger partial charge in [0.05, 0.1) is 11.2 Å². The van der Waals surface area contributed by atoms with Crippen molar-refractivity contribution in [2.24, 2.45) is 0 Å². The Morgan fingerprint density at radius 1 is 1.19 bits per heavy atom. The monoisotopic (exact) mass is 310 g/mol. The Balaban J connectivity index is 2.38. The summed E-state index contributed by atoms with van der Waals surface area (Å²) in [7, 11) is -0.969. The van der Waals surface area contributed by atoms with Crippen LogP contribution in [0.25, 0.3) is 5.57 Å². The first-order chi connectivity index (χ1) is 9.68. The van der Waals surface area contributed by atoms with Crippen molar-refractivity contribution >= 4 is 24.3 Å². The first-order valence-corrected chi connectivity index (χ1v) is 7.56. The van der Waals surface area contributed by atoms with E-state index in [1.165, 1.54) is 0 Å². The molecule has 0 unspecified atom stereocenters. The van der Waals surface area contributed by atoms with Gasteiger partial charge in [0.25, 0.3) is 0 Å². The molecule has 21 heavy (non-hydrogen) atoms. The summed E-state index contributed by atoms with van der Waals surface area (Å²) >= 11 is 5.99. The third-order valence-electron chi connectivity index (χ3n) is 4.28. The van der Waals surface area contributed by atoms with Crippen LogP contribution in [0.15, 0.2) is 30.0 Å². The fourth-order valence-corrected chi connectivity index (χ4v) is 2.47. The van der Waals surface area contributed by atoms with Gasteiger partial charge in [0.1, 0.15) is 5.73 Å². The second kappa shape index (κ2) is 5.75. The van der Waals surface area contributed by atoms with Gasteiger partial charge in [-0.1, -0.05) is 30.7 Å². The molecule has 0 atom stereocenters. The van der Waals surface area contributed by atoms with Gasteiger partial charge in [-0.3, -0.25) is 0 Å². The van der Waals surface area contributed by atoms with E-state index < -0.39 is 18.3 Å². The molecule has 1 aliphatic rings. The third-order valence-corrected chi connectivity index (χ3v) is 4.51. The van der Waals surface area contributed by atoms with Crippen LogP contribution < -0.4 is 0 Å². The minimum atomic E-state index is -0.969. The Morgan fingerprint density at radius 3 is 2.24 bits per heavy atom. The molecule has 0 amide bonds. The molecule has 1 aromatic carbocycles. The number of allylic oxidation sites excluding steroid dienone is 1.